The first kappa shape index (κ1) is 29.5. The summed E-state index contributed by atoms with van der Waals surface area (Å²) in [6, 6.07) is 60.3. The maximum absolute atomic E-state index is 6.30. The first-order chi connectivity index (χ1) is 26.2. The van der Waals surface area contributed by atoms with E-state index in [2.05, 4.69) is 149 Å². The van der Waals surface area contributed by atoms with E-state index < -0.39 is 0 Å². The zero-order valence-electron chi connectivity index (χ0n) is 28.5. The maximum atomic E-state index is 6.30. The molecule has 0 bridgehead atoms. The summed E-state index contributed by atoms with van der Waals surface area (Å²) in [6.07, 6.45) is 3.70. The second-order valence-electron chi connectivity index (χ2n) is 13.7. The summed E-state index contributed by atoms with van der Waals surface area (Å²) in [5.41, 5.74) is 11.4. The highest BCUT2D eigenvalue weighted by Crippen LogP contribution is 2.41. The van der Waals surface area contributed by atoms with Crippen LogP contribution in [-0.2, 0) is 0 Å². The molecule has 0 aliphatic heterocycles. The number of pyridine rings is 1. The van der Waals surface area contributed by atoms with E-state index in [4.69, 9.17) is 8.83 Å². The monoisotopic (exact) mass is 678 g/mol. The number of rotatable bonds is 5. The van der Waals surface area contributed by atoms with Crippen LogP contribution in [-0.4, -0.2) is 4.98 Å². The van der Waals surface area contributed by atoms with Crippen molar-refractivity contribution in [1.82, 2.24) is 4.98 Å². The zero-order valence-corrected chi connectivity index (χ0v) is 28.5. The number of benzene rings is 8. The molecule has 0 spiro atoms. The minimum atomic E-state index is 0.891. The number of hydrogen-bond acceptors (Lipinski definition) is 4. The minimum Gasteiger partial charge on any atom is -0.456 e. The van der Waals surface area contributed by atoms with Gasteiger partial charge in [-0.15, -0.1) is 0 Å². The zero-order chi connectivity index (χ0) is 34.9. The molecule has 0 fully saturated rings. The van der Waals surface area contributed by atoms with Gasteiger partial charge >= 0.3 is 0 Å². The normalized spacial score (nSPS) is 11.8. The number of fused-ring (bicyclic) bond motifs is 8. The molecule has 3 heterocycles. The minimum absolute atomic E-state index is 0.891. The summed E-state index contributed by atoms with van der Waals surface area (Å²) >= 11 is 0. The molecule has 0 radical (unpaired) electrons. The molecule has 53 heavy (non-hydrogen) atoms. The lowest BCUT2D eigenvalue weighted by Gasteiger charge is -2.26. The highest BCUT2D eigenvalue weighted by Gasteiger charge is 2.17. The van der Waals surface area contributed by atoms with E-state index in [0.717, 1.165) is 94.0 Å². The molecule has 0 saturated carbocycles. The molecule has 0 atom stereocenters. The number of nitrogens with zero attached hydrogens (tertiary/aromatic N) is 2. The molecule has 4 heteroatoms. The van der Waals surface area contributed by atoms with Crippen LogP contribution >= 0.6 is 0 Å². The lowest BCUT2D eigenvalue weighted by Crippen LogP contribution is -2.09. The molecule has 4 nitrogen and oxygen atoms in total. The average Bonchev–Trinajstić information content (AvgIpc) is 3.77. The fourth-order valence-electron chi connectivity index (χ4n) is 7.83. The third kappa shape index (κ3) is 4.95. The molecule has 0 amide bonds. The topological polar surface area (TPSA) is 42.4 Å². The van der Waals surface area contributed by atoms with Gasteiger partial charge in [0.1, 0.15) is 22.3 Å². The van der Waals surface area contributed by atoms with E-state index in [-0.39, 0.29) is 0 Å². The second kappa shape index (κ2) is 11.7. The van der Waals surface area contributed by atoms with Gasteiger partial charge in [0.05, 0.1) is 0 Å². The summed E-state index contributed by atoms with van der Waals surface area (Å²) in [5.74, 6) is 0. The number of hydrogen-bond donors (Lipinski definition) is 0. The summed E-state index contributed by atoms with van der Waals surface area (Å²) < 4.78 is 12.6. The molecule has 8 aromatic carbocycles. The van der Waals surface area contributed by atoms with Crippen LogP contribution in [0.3, 0.4) is 0 Å². The second-order valence-corrected chi connectivity index (χ2v) is 13.7. The Hall–Kier alpha value is -7.17. The van der Waals surface area contributed by atoms with Gasteiger partial charge in [0.25, 0.3) is 0 Å². The predicted molar refractivity (Wildman–Crippen MR) is 219 cm³/mol. The van der Waals surface area contributed by atoms with Crippen molar-refractivity contribution in [3.8, 4) is 22.3 Å². The van der Waals surface area contributed by atoms with Crippen LogP contribution < -0.4 is 4.90 Å². The number of furan rings is 2. The van der Waals surface area contributed by atoms with Gasteiger partial charge in [0, 0.05) is 51.0 Å². The predicted octanol–water partition coefficient (Wildman–Crippen LogP) is 14.0. The highest BCUT2D eigenvalue weighted by molar-refractivity contribution is 6.12. The molecule has 0 aliphatic carbocycles. The maximum Gasteiger partial charge on any atom is 0.136 e. The fraction of sp³-hybridized carbons (Fsp3) is 0. The van der Waals surface area contributed by atoms with Crippen LogP contribution in [0.15, 0.2) is 191 Å². The van der Waals surface area contributed by atoms with E-state index in [9.17, 15) is 0 Å². The summed E-state index contributed by atoms with van der Waals surface area (Å²) in [6.45, 7) is 0. The van der Waals surface area contributed by atoms with E-state index >= 15 is 0 Å². The van der Waals surface area contributed by atoms with Gasteiger partial charge in [0.2, 0.25) is 0 Å². The number of para-hydroxylation sites is 2. The third-order valence-electron chi connectivity index (χ3n) is 10.5. The molecule has 0 saturated heterocycles. The van der Waals surface area contributed by atoms with E-state index in [1.165, 1.54) is 10.8 Å². The van der Waals surface area contributed by atoms with E-state index in [0.29, 0.717) is 0 Å². The molecule has 3 aromatic heterocycles. The van der Waals surface area contributed by atoms with Crippen molar-refractivity contribution in [3.05, 3.63) is 182 Å². The van der Waals surface area contributed by atoms with Crippen molar-refractivity contribution >= 4 is 82.5 Å². The van der Waals surface area contributed by atoms with Crippen molar-refractivity contribution < 1.29 is 8.83 Å². The van der Waals surface area contributed by atoms with Crippen LogP contribution in [0.4, 0.5) is 17.1 Å². The molecular weight excluding hydrogens is 649 g/mol. The lowest BCUT2D eigenvalue weighted by molar-refractivity contribution is 0.669. The van der Waals surface area contributed by atoms with Gasteiger partial charge in [-0.05, 0) is 123 Å². The Morgan fingerprint density at radius 2 is 0.830 bits per heavy atom. The number of anilines is 3. The van der Waals surface area contributed by atoms with E-state index in [1.807, 2.05) is 36.5 Å². The Balaban J connectivity index is 1.04. The van der Waals surface area contributed by atoms with Gasteiger partial charge in [-0.25, -0.2) is 0 Å². The van der Waals surface area contributed by atoms with Crippen LogP contribution in [0, 0.1) is 0 Å². The van der Waals surface area contributed by atoms with Crippen molar-refractivity contribution in [2.24, 2.45) is 0 Å². The molecule has 11 rings (SSSR count). The smallest absolute Gasteiger partial charge is 0.136 e. The van der Waals surface area contributed by atoms with E-state index in [1.54, 1.807) is 6.20 Å². The van der Waals surface area contributed by atoms with Crippen LogP contribution in [0.5, 0.6) is 0 Å². The first-order valence-corrected chi connectivity index (χ1v) is 17.8. The number of aromatic nitrogens is 1. The Bertz CT molecular complexity index is 3000. The Kier molecular flexibility index (Phi) is 6.52. The van der Waals surface area contributed by atoms with Crippen molar-refractivity contribution in [1.29, 1.82) is 0 Å². The van der Waals surface area contributed by atoms with Crippen LogP contribution in [0.2, 0.25) is 0 Å². The van der Waals surface area contributed by atoms with Crippen molar-refractivity contribution in [2.75, 3.05) is 4.90 Å². The van der Waals surface area contributed by atoms with Gasteiger partial charge in [-0.2, -0.15) is 0 Å². The quantitative estimate of drug-likeness (QED) is 0.182. The molecule has 0 unspecified atom stereocenters. The summed E-state index contributed by atoms with van der Waals surface area (Å²) in [5, 5.41) is 9.12. The van der Waals surface area contributed by atoms with Gasteiger partial charge in [-0.3, -0.25) is 4.98 Å². The average molecular weight is 679 g/mol. The highest BCUT2D eigenvalue weighted by atomic mass is 16.3. The van der Waals surface area contributed by atoms with Gasteiger partial charge < -0.3 is 13.7 Å². The van der Waals surface area contributed by atoms with Crippen molar-refractivity contribution in [3.63, 3.8) is 0 Å². The SMILES string of the molecule is c1cncc(-c2ccc(-c3ccc(N(c4ccc5cc6c(cc5c4)oc4ccccc46)c4ccc5cc6c(cc5c4)oc4ccccc46)cc3)cc2)c1. The Labute approximate surface area is 304 Å². The fourth-order valence-corrected chi connectivity index (χ4v) is 7.83. The standard InChI is InChI=1S/C49H30N2O2/c1-3-9-46-42(7-1)44-26-34-17-21-40(24-37(34)28-48(44)52-46)51(39-19-15-32(16-20-39)31-11-13-33(14-12-31)36-6-5-23-50-30-36)41-22-18-35-27-45-43-8-2-4-10-47(43)53-49(45)29-38(35)25-41/h1-30H. The van der Waals surface area contributed by atoms with Gasteiger partial charge in [-0.1, -0.05) is 91.0 Å². The Morgan fingerprint density at radius 1 is 0.340 bits per heavy atom. The molecular formula is C49H30N2O2. The third-order valence-corrected chi connectivity index (χ3v) is 10.5. The Morgan fingerprint density at radius 3 is 1.36 bits per heavy atom. The largest absolute Gasteiger partial charge is 0.456 e. The lowest BCUT2D eigenvalue weighted by atomic mass is 10.0. The molecule has 0 N–H and O–H groups in total. The van der Waals surface area contributed by atoms with Crippen molar-refractivity contribution in [2.45, 2.75) is 0 Å². The summed E-state index contributed by atoms with van der Waals surface area (Å²) in [4.78, 5) is 6.61. The van der Waals surface area contributed by atoms with Crippen LogP contribution in [0.1, 0.15) is 0 Å². The molecule has 0 aliphatic rings. The first-order valence-electron chi connectivity index (χ1n) is 17.8. The summed E-state index contributed by atoms with van der Waals surface area (Å²) in [7, 11) is 0. The molecule has 248 valence electrons. The van der Waals surface area contributed by atoms with Crippen LogP contribution in [0.25, 0.3) is 87.7 Å². The molecule has 11 aromatic rings. The van der Waals surface area contributed by atoms with Gasteiger partial charge in [0.15, 0.2) is 0 Å².